The fourth-order valence-electron chi connectivity index (χ4n) is 3.19. The number of fused-ring (bicyclic) bond motifs is 1. The molecule has 30 heavy (non-hydrogen) atoms. The van der Waals surface area contributed by atoms with E-state index in [2.05, 4.69) is 20.9 Å². The van der Waals surface area contributed by atoms with Crippen molar-refractivity contribution in [1.29, 1.82) is 0 Å². The fourth-order valence-corrected chi connectivity index (χ4v) is 4.62. The number of halogens is 1. The third-order valence-corrected chi connectivity index (χ3v) is 6.25. The van der Waals surface area contributed by atoms with Crippen LogP contribution in [0.3, 0.4) is 0 Å². The summed E-state index contributed by atoms with van der Waals surface area (Å²) in [6.07, 6.45) is 0. The van der Waals surface area contributed by atoms with Gasteiger partial charge in [-0.3, -0.25) is 9.36 Å². The van der Waals surface area contributed by atoms with E-state index in [1.165, 1.54) is 11.8 Å². The quantitative estimate of drug-likeness (QED) is 0.267. The first-order chi connectivity index (χ1) is 14.5. The van der Waals surface area contributed by atoms with Gasteiger partial charge in [0.25, 0.3) is 5.56 Å². The molecule has 0 spiro atoms. The van der Waals surface area contributed by atoms with E-state index in [4.69, 9.17) is 14.1 Å². The SMILES string of the molecule is CCn1c(SCc2nc(-c3cc(Br)ccc3OC)oc2C)nc2ccccc2c1=O. The number of benzene rings is 2. The Labute approximate surface area is 186 Å². The second-order valence-electron chi connectivity index (χ2n) is 6.62. The molecule has 0 fully saturated rings. The molecule has 0 bridgehead atoms. The highest BCUT2D eigenvalue weighted by Crippen LogP contribution is 2.34. The summed E-state index contributed by atoms with van der Waals surface area (Å²) < 4.78 is 14.0. The molecule has 0 aliphatic carbocycles. The van der Waals surface area contributed by atoms with E-state index in [9.17, 15) is 4.79 Å². The molecule has 2 heterocycles. The van der Waals surface area contributed by atoms with Gasteiger partial charge in [-0.1, -0.05) is 39.8 Å². The van der Waals surface area contributed by atoms with Crippen LogP contribution in [0, 0.1) is 6.92 Å². The number of ether oxygens (including phenoxy) is 1. The number of rotatable bonds is 6. The van der Waals surface area contributed by atoms with Crippen molar-refractivity contribution in [2.75, 3.05) is 7.11 Å². The zero-order chi connectivity index (χ0) is 21.3. The Bertz CT molecular complexity index is 1280. The number of methoxy groups -OCH3 is 1. The summed E-state index contributed by atoms with van der Waals surface area (Å²) in [7, 11) is 1.62. The van der Waals surface area contributed by atoms with E-state index in [-0.39, 0.29) is 5.56 Å². The van der Waals surface area contributed by atoms with E-state index in [0.717, 1.165) is 21.5 Å². The van der Waals surface area contributed by atoms with Crippen molar-refractivity contribution in [2.45, 2.75) is 31.3 Å². The topological polar surface area (TPSA) is 70.2 Å². The molecule has 0 amide bonds. The number of thioether (sulfide) groups is 1. The average molecular weight is 486 g/mol. The summed E-state index contributed by atoms with van der Waals surface area (Å²) >= 11 is 4.96. The van der Waals surface area contributed by atoms with Gasteiger partial charge in [0.2, 0.25) is 5.89 Å². The molecule has 8 heteroatoms. The van der Waals surface area contributed by atoms with Crippen molar-refractivity contribution in [3.05, 3.63) is 68.7 Å². The Morgan fingerprint density at radius 2 is 2.00 bits per heavy atom. The molecule has 0 aliphatic heterocycles. The summed E-state index contributed by atoms with van der Waals surface area (Å²) in [5, 5.41) is 1.30. The van der Waals surface area contributed by atoms with Crippen molar-refractivity contribution in [3.8, 4) is 17.2 Å². The first-order valence-electron chi connectivity index (χ1n) is 9.44. The van der Waals surface area contributed by atoms with Gasteiger partial charge < -0.3 is 9.15 Å². The molecular formula is C22H20BrN3O3S. The van der Waals surface area contributed by atoms with Gasteiger partial charge in [-0.25, -0.2) is 9.97 Å². The van der Waals surface area contributed by atoms with Crippen LogP contribution in [-0.2, 0) is 12.3 Å². The van der Waals surface area contributed by atoms with Crippen molar-refractivity contribution in [3.63, 3.8) is 0 Å². The summed E-state index contributed by atoms with van der Waals surface area (Å²) in [6.45, 7) is 4.38. The van der Waals surface area contributed by atoms with Gasteiger partial charge in [0, 0.05) is 16.8 Å². The van der Waals surface area contributed by atoms with Crippen LogP contribution in [0.2, 0.25) is 0 Å². The Morgan fingerprint density at radius 1 is 1.20 bits per heavy atom. The van der Waals surface area contributed by atoms with Gasteiger partial charge in [-0.05, 0) is 44.2 Å². The molecular weight excluding hydrogens is 466 g/mol. The third kappa shape index (κ3) is 3.89. The molecule has 2 aromatic carbocycles. The lowest BCUT2D eigenvalue weighted by Gasteiger charge is -2.10. The summed E-state index contributed by atoms with van der Waals surface area (Å²) in [5.74, 6) is 2.46. The number of aryl methyl sites for hydroxylation is 1. The monoisotopic (exact) mass is 485 g/mol. The Morgan fingerprint density at radius 3 is 2.77 bits per heavy atom. The van der Waals surface area contributed by atoms with Crippen molar-refractivity contribution >= 4 is 38.6 Å². The third-order valence-electron chi connectivity index (χ3n) is 4.77. The molecule has 0 radical (unpaired) electrons. The van der Waals surface area contributed by atoms with Crippen LogP contribution in [0.5, 0.6) is 5.75 Å². The number of aromatic nitrogens is 3. The van der Waals surface area contributed by atoms with Crippen LogP contribution in [0.4, 0.5) is 0 Å². The van der Waals surface area contributed by atoms with Gasteiger partial charge in [-0.2, -0.15) is 0 Å². The first kappa shape index (κ1) is 20.7. The van der Waals surface area contributed by atoms with E-state index in [1.54, 1.807) is 11.7 Å². The zero-order valence-electron chi connectivity index (χ0n) is 16.8. The number of hydrogen-bond donors (Lipinski definition) is 0. The van der Waals surface area contributed by atoms with Gasteiger partial charge in [-0.15, -0.1) is 0 Å². The predicted octanol–water partition coefficient (Wildman–Crippen LogP) is 5.44. The van der Waals surface area contributed by atoms with Gasteiger partial charge in [0.15, 0.2) is 5.16 Å². The lowest BCUT2D eigenvalue weighted by atomic mass is 10.2. The minimum atomic E-state index is -0.0259. The number of hydrogen-bond acceptors (Lipinski definition) is 6. The largest absolute Gasteiger partial charge is 0.496 e. The maximum Gasteiger partial charge on any atom is 0.262 e. The average Bonchev–Trinajstić information content (AvgIpc) is 3.12. The van der Waals surface area contributed by atoms with Crippen LogP contribution >= 0.6 is 27.7 Å². The van der Waals surface area contributed by atoms with E-state index in [1.807, 2.05) is 56.3 Å². The summed E-state index contributed by atoms with van der Waals surface area (Å²) in [5.41, 5.74) is 2.26. The minimum Gasteiger partial charge on any atom is -0.496 e. The van der Waals surface area contributed by atoms with Crippen LogP contribution in [0.15, 0.2) is 61.3 Å². The van der Waals surface area contributed by atoms with Crippen LogP contribution < -0.4 is 10.3 Å². The lowest BCUT2D eigenvalue weighted by molar-refractivity contribution is 0.414. The summed E-state index contributed by atoms with van der Waals surface area (Å²) in [6, 6.07) is 13.1. The zero-order valence-corrected chi connectivity index (χ0v) is 19.2. The molecule has 6 nitrogen and oxygen atoms in total. The van der Waals surface area contributed by atoms with E-state index in [0.29, 0.717) is 40.0 Å². The number of para-hydroxylation sites is 1. The summed E-state index contributed by atoms with van der Waals surface area (Å²) in [4.78, 5) is 22.2. The predicted molar refractivity (Wildman–Crippen MR) is 122 cm³/mol. The van der Waals surface area contributed by atoms with E-state index < -0.39 is 0 Å². The maximum absolute atomic E-state index is 12.8. The number of nitrogens with zero attached hydrogens (tertiary/aromatic N) is 3. The highest BCUT2D eigenvalue weighted by molar-refractivity contribution is 9.10. The molecule has 0 saturated carbocycles. The Balaban J connectivity index is 1.66. The number of oxazole rings is 1. The second-order valence-corrected chi connectivity index (χ2v) is 8.47. The van der Waals surface area contributed by atoms with E-state index >= 15 is 0 Å². The molecule has 0 atom stereocenters. The lowest BCUT2D eigenvalue weighted by Crippen LogP contribution is -2.22. The molecule has 2 aromatic heterocycles. The minimum absolute atomic E-state index is 0.0259. The van der Waals surface area contributed by atoms with Crippen LogP contribution in [-0.4, -0.2) is 21.6 Å². The van der Waals surface area contributed by atoms with Gasteiger partial charge >= 0.3 is 0 Å². The highest BCUT2D eigenvalue weighted by atomic mass is 79.9. The standard InChI is InChI=1S/C22H20BrN3O3S/c1-4-26-21(27)15-7-5-6-8-17(15)25-22(26)30-12-18-13(2)29-20(24-18)16-11-14(23)9-10-19(16)28-3/h5-11H,4,12H2,1-3H3. The van der Waals surface area contributed by atoms with Gasteiger partial charge in [0.05, 0.1) is 29.3 Å². The first-order valence-corrected chi connectivity index (χ1v) is 11.2. The van der Waals surface area contributed by atoms with Crippen molar-refractivity contribution < 1.29 is 9.15 Å². The molecule has 0 unspecified atom stereocenters. The molecule has 0 N–H and O–H groups in total. The molecule has 0 aliphatic rings. The van der Waals surface area contributed by atoms with Crippen molar-refractivity contribution in [2.24, 2.45) is 0 Å². The second kappa shape index (κ2) is 8.65. The van der Waals surface area contributed by atoms with Gasteiger partial charge in [0.1, 0.15) is 11.5 Å². The fraction of sp³-hybridized carbons (Fsp3) is 0.227. The maximum atomic E-state index is 12.8. The molecule has 154 valence electrons. The molecule has 4 aromatic rings. The molecule has 0 saturated heterocycles. The normalized spacial score (nSPS) is 11.2. The Kier molecular flexibility index (Phi) is 5.97. The highest BCUT2D eigenvalue weighted by Gasteiger charge is 2.17. The van der Waals surface area contributed by atoms with Crippen molar-refractivity contribution in [1.82, 2.24) is 14.5 Å². The molecule has 4 rings (SSSR count). The van der Waals surface area contributed by atoms with Crippen LogP contribution in [0.25, 0.3) is 22.4 Å². The Hall–Kier alpha value is -2.58. The van der Waals surface area contributed by atoms with Crippen LogP contribution in [0.1, 0.15) is 18.4 Å². The smallest absolute Gasteiger partial charge is 0.262 e.